The van der Waals surface area contributed by atoms with E-state index in [2.05, 4.69) is 15.9 Å². The van der Waals surface area contributed by atoms with Crippen molar-refractivity contribution in [3.63, 3.8) is 0 Å². The molecule has 1 aromatic carbocycles. The Morgan fingerprint density at radius 2 is 2.00 bits per heavy atom. The Hall–Kier alpha value is -1.03. The molecule has 4 heteroatoms. The molecule has 16 heavy (non-hydrogen) atoms. The van der Waals surface area contributed by atoms with Gasteiger partial charge in [0.1, 0.15) is 5.75 Å². The van der Waals surface area contributed by atoms with Crippen LogP contribution in [0.3, 0.4) is 0 Å². The van der Waals surface area contributed by atoms with Gasteiger partial charge in [-0.2, -0.15) is 0 Å². The summed E-state index contributed by atoms with van der Waals surface area (Å²) in [5.41, 5.74) is 0.760. The van der Waals surface area contributed by atoms with Gasteiger partial charge in [0.2, 0.25) is 0 Å². The Morgan fingerprint density at radius 1 is 1.38 bits per heavy atom. The lowest BCUT2D eigenvalue weighted by Crippen LogP contribution is -2.09. The Kier molecular flexibility index (Phi) is 4.35. The second-order valence-corrected chi connectivity index (χ2v) is 4.77. The summed E-state index contributed by atoms with van der Waals surface area (Å²) in [6, 6.07) is 5.36. The van der Waals surface area contributed by atoms with Gasteiger partial charge in [0.05, 0.1) is 16.5 Å². The van der Waals surface area contributed by atoms with E-state index in [-0.39, 0.29) is 6.10 Å². The fraction of sp³-hybridized carbons (Fsp3) is 0.417. The zero-order valence-corrected chi connectivity index (χ0v) is 11.1. The normalized spacial score (nSPS) is 12.6. The first-order valence-corrected chi connectivity index (χ1v) is 5.90. The molecule has 0 amide bonds. The number of rotatable bonds is 4. The van der Waals surface area contributed by atoms with E-state index in [4.69, 9.17) is 9.84 Å². The van der Waals surface area contributed by atoms with Crippen LogP contribution in [-0.2, 0) is 4.79 Å². The van der Waals surface area contributed by atoms with Gasteiger partial charge in [-0.1, -0.05) is 6.07 Å². The number of aliphatic carboxylic acids is 1. The maximum absolute atomic E-state index is 10.8. The smallest absolute Gasteiger partial charge is 0.310 e. The lowest BCUT2D eigenvalue weighted by Gasteiger charge is -2.13. The Labute approximate surface area is 104 Å². The predicted octanol–water partition coefficient (Wildman–Crippen LogP) is 3.42. The molecule has 1 aromatic rings. The molecule has 0 aliphatic heterocycles. The van der Waals surface area contributed by atoms with Gasteiger partial charge in [-0.15, -0.1) is 0 Å². The number of benzene rings is 1. The molecular formula is C12H15BrO3. The van der Waals surface area contributed by atoms with Crippen molar-refractivity contribution >= 4 is 21.9 Å². The van der Waals surface area contributed by atoms with Gasteiger partial charge in [0.25, 0.3) is 0 Å². The Bertz CT molecular complexity index is 388. The monoisotopic (exact) mass is 286 g/mol. The van der Waals surface area contributed by atoms with Gasteiger partial charge in [0, 0.05) is 0 Å². The average molecular weight is 287 g/mol. The minimum absolute atomic E-state index is 0.0963. The molecule has 0 aliphatic carbocycles. The summed E-state index contributed by atoms with van der Waals surface area (Å²) >= 11 is 3.38. The van der Waals surface area contributed by atoms with Crippen molar-refractivity contribution < 1.29 is 14.6 Å². The van der Waals surface area contributed by atoms with Crippen LogP contribution in [0.5, 0.6) is 5.75 Å². The van der Waals surface area contributed by atoms with Crippen molar-refractivity contribution in [2.45, 2.75) is 32.8 Å². The molecule has 0 aliphatic rings. The summed E-state index contributed by atoms with van der Waals surface area (Å²) in [7, 11) is 0. The minimum Gasteiger partial charge on any atom is -0.490 e. The van der Waals surface area contributed by atoms with Crippen LogP contribution in [-0.4, -0.2) is 17.2 Å². The van der Waals surface area contributed by atoms with Gasteiger partial charge < -0.3 is 9.84 Å². The van der Waals surface area contributed by atoms with E-state index in [1.165, 1.54) is 0 Å². The fourth-order valence-corrected chi connectivity index (χ4v) is 1.77. The maximum Gasteiger partial charge on any atom is 0.310 e. The standard InChI is InChI=1S/C12H15BrO3/c1-7(2)16-11-5-4-9(6-10(11)13)8(3)12(14)15/h4-8H,1-3H3,(H,14,15). The molecule has 88 valence electrons. The Morgan fingerprint density at radius 3 is 2.44 bits per heavy atom. The van der Waals surface area contributed by atoms with Crippen LogP contribution < -0.4 is 4.74 Å². The number of carboxylic acid groups (broad SMARTS) is 1. The molecule has 0 heterocycles. The highest BCUT2D eigenvalue weighted by Gasteiger charge is 2.15. The minimum atomic E-state index is -0.829. The number of hydrogen-bond donors (Lipinski definition) is 1. The third-order valence-electron chi connectivity index (χ3n) is 2.19. The predicted molar refractivity (Wildman–Crippen MR) is 66.0 cm³/mol. The number of carboxylic acids is 1. The molecule has 0 aromatic heterocycles. The molecule has 0 saturated heterocycles. The van der Waals surface area contributed by atoms with E-state index in [0.29, 0.717) is 0 Å². The van der Waals surface area contributed by atoms with Crippen LogP contribution in [0.2, 0.25) is 0 Å². The van der Waals surface area contributed by atoms with E-state index in [9.17, 15) is 4.79 Å². The summed E-state index contributed by atoms with van der Waals surface area (Å²) in [5, 5.41) is 8.89. The lowest BCUT2D eigenvalue weighted by atomic mass is 10.0. The first-order valence-electron chi connectivity index (χ1n) is 5.10. The lowest BCUT2D eigenvalue weighted by molar-refractivity contribution is -0.138. The van der Waals surface area contributed by atoms with Crippen LogP contribution >= 0.6 is 15.9 Å². The van der Waals surface area contributed by atoms with Crippen molar-refractivity contribution in [1.82, 2.24) is 0 Å². The molecule has 0 fully saturated rings. The molecule has 1 unspecified atom stereocenters. The molecule has 1 atom stereocenters. The molecule has 0 spiro atoms. The molecule has 1 N–H and O–H groups in total. The first-order chi connectivity index (χ1) is 7.41. The van der Waals surface area contributed by atoms with Gasteiger partial charge >= 0.3 is 5.97 Å². The van der Waals surface area contributed by atoms with Crippen molar-refractivity contribution in [1.29, 1.82) is 0 Å². The van der Waals surface area contributed by atoms with Crippen LogP contribution in [0.1, 0.15) is 32.3 Å². The second-order valence-electron chi connectivity index (χ2n) is 3.92. The van der Waals surface area contributed by atoms with Crippen LogP contribution in [0, 0.1) is 0 Å². The second kappa shape index (κ2) is 5.34. The molecule has 0 saturated carbocycles. The largest absolute Gasteiger partial charge is 0.490 e. The summed E-state index contributed by atoms with van der Waals surface area (Å²) < 4.78 is 6.33. The quantitative estimate of drug-likeness (QED) is 0.923. The third-order valence-corrected chi connectivity index (χ3v) is 2.81. The number of hydrogen-bond acceptors (Lipinski definition) is 2. The van der Waals surface area contributed by atoms with E-state index in [1.807, 2.05) is 13.8 Å². The topological polar surface area (TPSA) is 46.5 Å². The SMILES string of the molecule is CC(C)Oc1ccc(C(C)C(=O)O)cc1Br. The number of ether oxygens (including phenoxy) is 1. The van der Waals surface area contributed by atoms with Crippen molar-refractivity contribution in [2.75, 3.05) is 0 Å². The average Bonchev–Trinajstić information content (AvgIpc) is 2.19. The van der Waals surface area contributed by atoms with Crippen molar-refractivity contribution in [2.24, 2.45) is 0 Å². The molecule has 3 nitrogen and oxygen atoms in total. The van der Waals surface area contributed by atoms with E-state index in [1.54, 1.807) is 25.1 Å². The summed E-state index contributed by atoms with van der Waals surface area (Å²) in [5.74, 6) is -0.606. The molecular weight excluding hydrogens is 272 g/mol. The number of carbonyl (C=O) groups is 1. The van der Waals surface area contributed by atoms with Crippen molar-refractivity contribution in [3.05, 3.63) is 28.2 Å². The van der Waals surface area contributed by atoms with Crippen LogP contribution in [0.4, 0.5) is 0 Å². The van der Waals surface area contributed by atoms with Gasteiger partial charge in [-0.3, -0.25) is 4.79 Å². The molecule has 0 radical (unpaired) electrons. The third kappa shape index (κ3) is 3.23. The summed E-state index contributed by atoms with van der Waals surface area (Å²) in [6.07, 6.45) is 0.0963. The van der Waals surface area contributed by atoms with E-state index in [0.717, 1.165) is 15.8 Å². The fourth-order valence-electron chi connectivity index (χ4n) is 1.28. The van der Waals surface area contributed by atoms with Gasteiger partial charge in [-0.05, 0) is 54.4 Å². The zero-order chi connectivity index (χ0) is 12.3. The van der Waals surface area contributed by atoms with E-state index < -0.39 is 11.9 Å². The first kappa shape index (κ1) is 13.0. The maximum atomic E-state index is 10.8. The van der Waals surface area contributed by atoms with Crippen LogP contribution in [0.15, 0.2) is 22.7 Å². The van der Waals surface area contributed by atoms with Crippen LogP contribution in [0.25, 0.3) is 0 Å². The highest BCUT2D eigenvalue weighted by molar-refractivity contribution is 9.10. The highest BCUT2D eigenvalue weighted by atomic mass is 79.9. The summed E-state index contributed by atoms with van der Waals surface area (Å²) in [6.45, 7) is 5.55. The molecule has 1 rings (SSSR count). The highest BCUT2D eigenvalue weighted by Crippen LogP contribution is 2.29. The van der Waals surface area contributed by atoms with E-state index >= 15 is 0 Å². The Balaban J connectivity index is 2.95. The zero-order valence-electron chi connectivity index (χ0n) is 9.53. The van der Waals surface area contributed by atoms with Gasteiger partial charge in [-0.25, -0.2) is 0 Å². The number of halogens is 1. The van der Waals surface area contributed by atoms with Gasteiger partial charge in [0.15, 0.2) is 0 Å². The molecule has 0 bridgehead atoms. The van der Waals surface area contributed by atoms with Crippen molar-refractivity contribution in [3.8, 4) is 5.75 Å². The summed E-state index contributed by atoms with van der Waals surface area (Å²) in [4.78, 5) is 10.8.